The molecule has 164 valence electrons. The summed E-state index contributed by atoms with van der Waals surface area (Å²) < 4.78 is 34.3. The lowest BCUT2D eigenvalue weighted by molar-refractivity contribution is -0.110. The van der Waals surface area contributed by atoms with E-state index in [9.17, 15) is 8.42 Å². The second-order valence-corrected chi connectivity index (χ2v) is 10.7. The number of para-hydroxylation sites is 1. The molecule has 0 aromatic heterocycles. The fourth-order valence-corrected chi connectivity index (χ4v) is 5.31. The van der Waals surface area contributed by atoms with Gasteiger partial charge in [0.05, 0.1) is 19.8 Å². The van der Waals surface area contributed by atoms with Crippen molar-refractivity contribution in [1.29, 1.82) is 0 Å². The van der Waals surface area contributed by atoms with Crippen molar-refractivity contribution in [3.05, 3.63) is 65.2 Å². The third-order valence-electron chi connectivity index (χ3n) is 5.59. The summed E-state index contributed by atoms with van der Waals surface area (Å²) in [5, 5.41) is 0.969. The molecule has 1 heterocycles. The Morgan fingerprint density at radius 2 is 1.80 bits per heavy atom. The molecule has 1 N–H and O–H groups in total. The molecule has 2 atom stereocenters. The van der Waals surface area contributed by atoms with Crippen LogP contribution in [0.25, 0.3) is 0 Å². The molecule has 0 aliphatic carbocycles. The number of hydrogen-bond donors (Lipinski definition) is 1. The molecule has 1 aliphatic rings. The SMILES string of the molecule is COc1ccccc1CCNS(=O)(=O)[C@H]1CON(C)[C@@H]1c1ccc(C(C)(C)C)cc1. The summed E-state index contributed by atoms with van der Waals surface area (Å²) in [5.74, 6) is 0.762. The van der Waals surface area contributed by atoms with Crippen molar-refractivity contribution < 1.29 is 18.0 Å². The molecule has 6 nitrogen and oxygen atoms in total. The van der Waals surface area contributed by atoms with Crippen LogP contribution in [0.5, 0.6) is 5.75 Å². The summed E-state index contributed by atoms with van der Waals surface area (Å²) in [6.07, 6.45) is 0.553. The van der Waals surface area contributed by atoms with E-state index >= 15 is 0 Å². The van der Waals surface area contributed by atoms with Crippen LogP contribution in [-0.4, -0.2) is 46.0 Å². The maximum atomic E-state index is 13.1. The summed E-state index contributed by atoms with van der Waals surface area (Å²) in [6.45, 7) is 6.91. The van der Waals surface area contributed by atoms with Gasteiger partial charge in [-0.25, -0.2) is 13.1 Å². The standard InChI is InChI=1S/C23H32N2O4S/c1-23(2,3)19-12-10-18(11-13-19)22-21(16-29-25(22)4)30(26,27)24-15-14-17-8-6-7-9-20(17)28-5/h6-13,21-22,24H,14-16H2,1-5H3/t21-,22+/m0/s1. The van der Waals surface area contributed by atoms with Crippen molar-refractivity contribution in [2.75, 3.05) is 27.3 Å². The molecule has 2 aromatic rings. The quantitative estimate of drug-likeness (QED) is 0.726. The Morgan fingerprint density at radius 3 is 2.43 bits per heavy atom. The largest absolute Gasteiger partial charge is 0.496 e. The first-order chi connectivity index (χ1) is 14.1. The number of nitrogens with zero attached hydrogens (tertiary/aromatic N) is 1. The van der Waals surface area contributed by atoms with E-state index in [-0.39, 0.29) is 18.1 Å². The van der Waals surface area contributed by atoms with Gasteiger partial charge in [-0.05, 0) is 34.6 Å². The molecule has 2 aromatic carbocycles. The van der Waals surface area contributed by atoms with E-state index in [1.54, 1.807) is 19.2 Å². The summed E-state index contributed by atoms with van der Waals surface area (Å²) in [4.78, 5) is 5.61. The lowest BCUT2D eigenvalue weighted by Gasteiger charge is -2.25. The number of nitrogens with one attached hydrogen (secondary N) is 1. The van der Waals surface area contributed by atoms with Crippen LogP contribution in [0.15, 0.2) is 48.5 Å². The minimum absolute atomic E-state index is 0.0438. The van der Waals surface area contributed by atoms with Crippen molar-refractivity contribution >= 4 is 10.0 Å². The average Bonchev–Trinajstić information content (AvgIpc) is 3.10. The Bertz CT molecular complexity index is 952. The van der Waals surface area contributed by atoms with Crippen molar-refractivity contribution in [2.24, 2.45) is 0 Å². The molecule has 1 aliphatic heterocycles. The molecule has 1 fully saturated rings. The first-order valence-corrected chi connectivity index (χ1v) is 11.7. The second kappa shape index (κ2) is 9.06. The lowest BCUT2D eigenvalue weighted by atomic mass is 9.86. The maximum absolute atomic E-state index is 13.1. The van der Waals surface area contributed by atoms with Gasteiger partial charge < -0.3 is 4.74 Å². The highest BCUT2D eigenvalue weighted by Crippen LogP contribution is 2.34. The van der Waals surface area contributed by atoms with Crippen molar-refractivity contribution in [1.82, 2.24) is 9.79 Å². The molecule has 30 heavy (non-hydrogen) atoms. The first-order valence-electron chi connectivity index (χ1n) is 10.2. The zero-order valence-electron chi connectivity index (χ0n) is 18.4. The summed E-state index contributed by atoms with van der Waals surface area (Å²) in [7, 11) is -0.176. The van der Waals surface area contributed by atoms with Gasteiger partial charge in [0.25, 0.3) is 0 Å². The molecule has 3 rings (SSSR count). The molecule has 7 heteroatoms. The van der Waals surface area contributed by atoms with E-state index in [1.165, 1.54) is 5.56 Å². The zero-order valence-corrected chi connectivity index (χ0v) is 19.2. The van der Waals surface area contributed by atoms with Crippen molar-refractivity contribution in [3.8, 4) is 5.75 Å². The van der Waals surface area contributed by atoms with Crippen LogP contribution in [0, 0.1) is 0 Å². The van der Waals surface area contributed by atoms with Gasteiger partial charge in [0.1, 0.15) is 11.0 Å². The fraction of sp³-hybridized carbons (Fsp3) is 0.478. The van der Waals surface area contributed by atoms with E-state index in [1.807, 2.05) is 36.4 Å². The predicted octanol–water partition coefficient (Wildman–Crippen LogP) is 3.44. The fourth-order valence-electron chi connectivity index (χ4n) is 3.81. The molecule has 0 radical (unpaired) electrons. The molecule has 0 spiro atoms. The first kappa shape index (κ1) is 22.7. The highest BCUT2D eigenvalue weighted by Gasteiger charge is 2.43. The molecule has 1 saturated heterocycles. The molecular formula is C23H32N2O4S. The number of sulfonamides is 1. The molecule has 0 bridgehead atoms. The molecule has 0 saturated carbocycles. The zero-order chi connectivity index (χ0) is 21.9. The van der Waals surface area contributed by atoms with Crippen LogP contribution >= 0.6 is 0 Å². The smallest absolute Gasteiger partial charge is 0.218 e. The van der Waals surface area contributed by atoms with Crippen molar-refractivity contribution in [3.63, 3.8) is 0 Å². The van der Waals surface area contributed by atoms with E-state index in [2.05, 4.69) is 37.6 Å². The van der Waals surface area contributed by atoms with E-state index < -0.39 is 15.3 Å². The molecule has 0 amide bonds. The topological polar surface area (TPSA) is 67.9 Å². The summed E-state index contributed by atoms with van der Waals surface area (Å²) >= 11 is 0. The normalized spacial score (nSPS) is 20.4. The predicted molar refractivity (Wildman–Crippen MR) is 119 cm³/mol. The minimum Gasteiger partial charge on any atom is -0.496 e. The second-order valence-electron chi connectivity index (χ2n) is 8.70. The van der Waals surface area contributed by atoms with Crippen LogP contribution in [0.3, 0.4) is 0 Å². The van der Waals surface area contributed by atoms with E-state index in [0.29, 0.717) is 13.0 Å². The van der Waals surface area contributed by atoms with Crippen LogP contribution < -0.4 is 9.46 Å². The van der Waals surface area contributed by atoms with Gasteiger partial charge in [-0.1, -0.05) is 63.2 Å². The number of benzene rings is 2. The van der Waals surface area contributed by atoms with Crippen LogP contribution in [0.4, 0.5) is 0 Å². The number of hydrogen-bond acceptors (Lipinski definition) is 5. The highest BCUT2D eigenvalue weighted by molar-refractivity contribution is 7.90. The number of rotatable bonds is 7. The van der Waals surface area contributed by atoms with E-state index in [4.69, 9.17) is 9.57 Å². The Hall–Kier alpha value is -1.93. The number of ether oxygens (including phenoxy) is 1. The van der Waals surface area contributed by atoms with Crippen molar-refractivity contribution in [2.45, 2.75) is 43.9 Å². The Kier molecular flexibility index (Phi) is 6.87. The Labute approximate surface area is 180 Å². The van der Waals surface area contributed by atoms with Crippen LogP contribution in [0.2, 0.25) is 0 Å². The summed E-state index contributed by atoms with van der Waals surface area (Å²) in [6, 6.07) is 15.4. The highest BCUT2D eigenvalue weighted by atomic mass is 32.2. The number of hydroxylamine groups is 2. The van der Waals surface area contributed by atoms with Gasteiger partial charge in [0.2, 0.25) is 10.0 Å². The van der Waals surface area contributed by atoms with E-state index in [0.717, 1.165) is 16.9 Å². The summed E-state index contributed by atoms with van der Waals surface area (Å²) in [5.41, 5.74) is 3.16. The molecular weight excluding hydrogens is 400 g/mol. The van der Waals surface area contributed by atoms with Gasteiger partial charge >= 0.3 is 0 Å². The van der Waals surface area contributed by atoms with Gasteiger partial charge in [-0.3, -0.25) is 4.84 Å². The minimum atomic E-state index is -3.58. The third kappa shape index (κ3) is 5.03. The van der Waals surface area contributed by atoms with Gasteiger partial charge in [-0.2, -0.15) is 5.06 Å². The van der Waals surface area contributed by atoms with Gasteiger partial charge in [0.15, 0.2) is 0 Å². The Balaban J connectivity index is 1.72. The van der Waals surface area contributed by atoms with Gasteiger partial charge in [-0.15, -0.1) is 0 Å². The number of methoxy groups -OCH3 is 1. The average molecular weight is 433 g/mol. The maximum Gasteiger partial charge on any atom is 0.218 e. The van der Waals surface area contributed by atoms with Gasteiger partial charge in [0, 0.05) is 13.6 Å². The van der Waals surface area contributed by atoms with Crippen LogP contribution in [0.1, 0.15) is 43.5 Å². The lowest BCUT2D eigenvalue weighted by Crippen LogP contribution is -2.40. The Morgan fingerprint density at radius 1 is 1.13 bits per heavy atom. The molecule has 0 unspecified atom stereocenters. The third-order valence-corrected chi connectivity index (χ3v) is 7.39. The monoisotopic (exact) mass is 432 g/mol. The van der Waals surface area contributed by atoms with Crippen LogP contribution in [-0.2, 0) is 26.7 Å².